The van der Waals surface area contributed by atoms with Gasteiger partial charge in [-0.15, -0.1) is 0 Å². The zero-order chi connectivity index (χ0) is 25.0. The largest absolute Gasteiger partial charge is 0.480 e. The Morgan fingerprint density at radius 3 is 1.91 bits per heavy atom. The standard InChI is InChI=1S/C19H35N5O7S/c1-9(2)14(23-16(27)11(20)5-6-13(21)26)18(29)22-12(7-8-32-4)17(28)24-15(10(3)25)19(30)31/h9-12,14-15,25H,5-8,20H2,1-4H3,(H2,21,26)(H,22,29)(H,23,27)(H,24,28)(H,30,31). The van der Waals surface area contributed by atoms with E-state index in [4.69, 9.17) is 16.6 Å². The number of aliphatic hydroxyl groups excluding tert-OH is 1. The van der Waals surface area contributed by atoms with Gasteiger partial charge in [-0.3, -0.25) is 19.2 Å². The van der Waals surface area contributed by atoms with Crippen LogP contribution < -0.4 is 27.4 Å². The molecule has 0 fully saturated rings. The molecule has 0 radical (unpaired) electrons. The number of rotatable bonds is 15. The number of hydrogen-bond donors (Lipinski definition) is 7. The Morgan fingerprint density at radius 1 is 0.906 bits per heavy atom. The first-order chi connectivity index (χ1) is 14.8. The second-order valence-electron chi connectivity index (χ2n) is 7.75. The van der Waals surface area contributed by atoms with Crippen molar-refractivity contribution in [2.24, 2.45) is 17.4 Å². The van der Waals surface area contributed by atoms with Gasteiger partial charge in [0.15, 0.2) is 6.04 Å². The van der Waals surface area contributed by atoms with Gasteiger partial charge in [0.2, 0.25) is 23.6 Å². The Balaban J connectivity index is 5.34. The highest BCUT2D eigenvalue weighted by Gasteiger charge is 2.32. The summed E-state index contributed by atoms with van der Waals surface area (Å²) in [6, 6.07) is -4.70. The number of carbonyl (C=O) groups excluding carboxylic acids is 4. The monoisotopic (exact) mass is 477 g/mol. The molecule has 0 saturated carbocycles. The van der Waals surface area contributed by atoms with Crippen molar-refractivity contribution < 1.29 is 34.2 Å². The quantitative estimate of drug-likeness (QED) is 0.137. The first-order valence-corrected chi connectivity index (χ1v) is 11.6. The maximum absolute atomic E-state index is 12.8. The molecule has 0 aliphatic heterocycles. The molecule has 5 unspecified atom stereocenters. The van der Waals surface area contributed by atoms with Crippen molar-refractivity contribution in [3.05, 3.63) is 0 Å². The lowest BCUT2D eigenvalue weighted by Crippen LogP contribution is -2.59. The molecular formula is C19H35N5O7S. The van der Waals surface area contributed by atoms with E-state index >= 15 is 0 Å². The van der Waals surface area contributed by atoms with Crippen molar-refractivity contribution in [3.63, 3.8) is 0 Å². The third-order valence-electron chi connectivity index (χ3n) is 4.58. The number of aliphatic hydroxyl groups is 1. The molecule has 0 heterocycles. The molecule has 32 heavy (non-hydrogen) atoms. The fourth-order valence-electron chi connectivity index (χ4n) is 2.63. The SMILES string of the molecule is CSCCC(NC(=O)C(NC(=O)C(N)CCC(N)=O)C(C)C)C(=O)NC(C(=O)O)C(C)O. The van der Waals surface area contributed by atoms with Crippen molar-refractivity contribution >= 4 is 41.4 Å². The molecule has 0 saturated heterocycles. The smallest absolute Gasteiger partial charge is 0.328 e. The second-order valence-corrected chi connectivity index (χ2v) is 8.74. The molecule has 0 aromatic rings. The van der Waals surface area contributed by atoms with Gasteiger partial charge in [0, 0.05) is 6.42 Å². The minimum Gasteiger partial charge on any atom is -0.480 e. The molecule has 0 aromatic carbocycles. The Morgan fingerprint density at radius 2 is 1.47 bits per heavy atom. The Labute approximate surface area is 191 Å². The van der Waals surface area contributed by atoms with E-state index in [1.165, 1.54) is 18.7 Å². The van der Waals surface area contributed by atoms with Crippen LogP contribution in [0.2, 0.25) is 0 Å². The van der Waals surface area contributed by atoms with E-state index in [2.05, 4.69) is 16.0 Å². The van der Waals surface area contributed by atoms with Crippen LogP contribution >= 0.6 is 11.8 Å². The van der Waals surface area contributed by atoms with Crippen molar-refractivity contribution in [2.75, 3.05) is 12.0 Å². The number of thioether (sulfide) groups is 1. The van der Waals surface area contributed by atoms with Crippen LogP contribution in [-0.2, 0) is 24.0 Å². The van der Waals surface area contributed by atoms with E-state index in [0.29, 0.717) is 5.75 Å². The minimum atomic E-state index is -1.54. The number of primary amides is 1. The van der Waals surface area contributed by atoms with Gasteiger partial charge in [-0.25, -0.2) is 4.79 Å². The molecule has 4 amide bonds. The van der Waals surface area contributed by atoms with Gasteiger partial charge in [-0.2, -0.15) is 11.8 Å². The maximum atomic E-state index is 12.8. The van der Waals surface area contributed by atoms with Crippen LogP contribution in [0.1, 0.15) is 40.0 Å². The second kappa shape index (κ2) is 14.6. The number of nitrogens with two attached hydrogens (primary N) is 2. The fourth-order valence-corrected chi connectivity index (χ4v) is 3.10. The average molecular weight is 478 g/mol. The zero-order valence-electron chi connectivity index (χ0n) is 18.8. The van der Waals surface area contributed by atoms with Gasteiger partial charge < -0.3 is 37.6 Å². The number of carboxylic acid groups (broad SMARTS) is 1. The number of hydrogen-bond acceptors (Lipinski definition) is 8. The summed E-state index contributed by atoms with van der Waals surface area (Å²) in [7, 11) is 0. The van der Waals surface area contributed by atoms with Gasteiger partial charge in [-0.1, -0.05) is 13.8 Å². The number of nitrogens with one attached hydrogen (secondary N) is 3. The first kappa shape index (κ1) is 29.6. The van der Waals surface area contributed by atoms with Crippen LogP contribution in [0, 0.1) is 5.92 Å². The van der Waals surface area contributed by atoms with E-state index in [1.807, 2.05) is 0 Å². The van der Waals surface area contributed by atoms with Gasteiger partial charge in [0.1, 0.15) is 12.1 Å². The number of carbonyl (C=O) groups is 5. The fraction of sp³-hybridized carbons (Fsp3) is 0.737. The van der Waals surface area contributed by atoms with E-state index in [-0.39, 0.29) is 25.2 Å². The summed E-state index contributed by atoms with van der Waals surface area (Å²) in [6.07, 6.45) is 0.581. The topological polar surface area (TPSA) is 214 Å². The van der Waals surface area contributed by atoms with Gasteiger partial charge in [-0.05, 0) is 37.7 Å². The lowest BCUT2D eigenvalue weighted by atomic mass is 10.0. The number of amides is 4. The Hall–Kier alpha value is -2.38. The minimum absolute atomic E-state index is 0.0161. The van der Waals surface area contributed by atoms with E-state index in [1.54, 1.807) is 20.1 Å². The van der Waals surface area contributed by atoms with Crippen LogP contribution in [0.15, 0.2) is 0 Å². The van der Waals surface area contributed by atoms with Crippen LogP contribution in [0.3, 0.4) is 0 Å². The molecule has 9 N–H and O–H groups in total. The van der Waals surface area contributed by atoms with E-state index < -0.39 is 59.9 Å². The highest BCUT2D eigenvalue weighted by Crippen LogP contribution is 2.07. The predicted molar refractivity (Wildman–Crippen MR) is 119 cm³/mol. The van der Waals surface area contributed by atoms with E-state index in [0.717, 1.165) is 0 Å². The van der Waals surface area contributed by atoms with Crippen molar-refractivity contribution in [1.29, 1.82) is 0 Å². The summed E-state index contributed by atoms with van der Waals surface area (Å²) in [5.41, 5.74) is 10.8. The first-order valence-electron chi connectivity index (χ1n) is 10.2. The molecule has 0 spiro atoms. The summed E-state index contributed by atoms with van der Waals surface area (Å²) in [4.78, 5) is 59.9. The van der Waals surface area contributed by atoms with Gasteiger partial charge >= 0.3 is 5.97 Å². The average Bonchev–Trinajstić information content (AvgIpc) is 2.69. The highest BCUT2D eigenvalue weighted by molar-refractivity contribution is 7.98. The predicted octanol–water partition coefficient (Wildman–Crippen LogP) is -2.09. The zero-order valence-corrected chi connectivity index (χ0v) is 19.6. The van der Waals surface area contributed by atoms with Crippen molar-refractivity contribution in [3.8, 4) is 0 Å². The van der Waals surface area contributed by atoms with Crippen LogP contribution in [0.5, 0.6) is 0 Å². The molecule has 5 atom stereocenters. The molecule has 0 rings (SSSR count). The molecule has 184 valence electrons. The molecule has 0 aromatic heterocycles. The summed E-state index contributed by atoms with van der Waals surface area (Å²) < 4.78 is 0. The van der Waals surface area contributed by atoms with Crippen LogP contribution in [0.4, 0.5) is 0 Å². The van der Waals surface area contributed by atoms with Crippen LogP contribution in [0.25, 0.3) is 0 Å². The normalized spacial score (nSPS) is 15.7. The van der Waals surface area contributed by atoms with Crippen molar-refractivity contribution in [1.82, 2.24) is 16.0 Å². The summed E-state index contributed by atoms with van der Waals surface area (Å²) in [6.45, 7) is 4.59. The molecule has 12 nitrogen and oxygen atoms in total. The van der Waals surface area contributed by atoms with Crippen LogP contribution in [-0.4, -0.2) is 82.1 Å². The molecule has 0 aliphatic rings. The molecule has 13 heteroatoms. The van der Waals surface area contributed by atoms with E-state index in [9.17, 15) is 29.1 Å². The molecule has 0 aliphatic carbocycles. The summed E-state index contributed by atoms with van der Waals surface area (Å²) in [5.74, 6) is -3.97. The highest BCUT2D eigenvalue weighted by atomic mass is 32.2. The third-order valence-corrected chi connectivity index (χ3v) is 5.22. The number of carboxylic acids is 1. The third kappa shape index (κ3) is 10.8. The van der Waals surface area contributed by atoms with Gasteiger partial charge in [0.25, 0.3) is 0 Å². The van der Waals surface area contributed by atoms with Crippen molar-refractivity contribution in [2.45, 2.75) is 70.3 Å². The lowest BCUT2D eigenvalue weighted by Gasteiger charge is -2.27. The maximum Gasteiger partial charge on any atom is 0.328 e. The molecule has 0 bridgehead atoms. The molecular weight excluding hydrogens is 442 g/mol. The Kier molecular flexibility index (Phi) is 13.5. The summed E-state index contributed by atoms with van der Waals surface area (Å²) in [5, 5.41) is 26.0. The Bertz CT molecular complexity index is 674. The number of aliphatic carboxylic acids is 1. The summed E-state index contributed by atoms with van der Waals surface area (Å²) >= 11 is 1.42. The van der Waals surface area contributed by atoms with Gasteiger partial charge in [0.05, 0.1) is 12.1 Å². The lowest BCUT2D eigenvalue weighted by molar-refractivity contribution is -0.145.